The van der Waals surface area contributed by atoms with Crippen molar-refractivity contribution in [3.63, 3.8) is 0 Å². The molecule has 0 spiro atoms. The highest BCUT2D eigenvalue weighted by Gasteiger charge is 2.29. The molecule has 1 fully saturated rings. The van der Waals surface area contributed by atoms with Crippen LogP contribution in [0.2, 0.25) is 0 Å². The minimum absolute atomic E-state index is 0.0667. The predicted molar refractivity (Wildman–Crippen MR) is 69.9 cm³/mol. The van der Waals surface area contributed by atoms with E-state index < -0.39 is 0 Å². The third-order valence-electron chi connectivity index (χ3n) is 4.17. The fraction of sp³-hybridized carbons (Fsp3) is 1.00. The molecule has 0 aromatic rings. The van der Waals surface area contributed by atoms with Crippen molar-refractivity contribution in [1.82, 2.24) is 5.32 Å². The van der Waals surface area contributed by atoms with Gasteiger partial charge in [0.1, 0.15) is 0 Å². The molecule has 0 aromatic heterocycles. The van der Waals surface area contributed by atoms with Crippen LogP contribution < -0.4 is 16.8 Å². The molecule has 0 radical (unpaired) electrons. The fourth-order valence-electron chi connectivity index (χ4n) is 3.01. The first kappa shape index (κ1) is 13.9. The molecule has 0 aromatic carbocycles. The van der Waals surface area contributed by atoms with E-state index in [1.54, 1.807) is 0 Å². The summed E-state index contributed by atoms with van der Waals surface area (Å²) in [5, 5.41) is 3.33. The maximum absolute atomic E-state index is 6.11. The Morgan fingerprint density at radius 3 is 2.12 bits per heavy atom. The summed E-state index contributed by atoms with van der Waals surface area (Å²) in [6, 6.07) is 0.252. The van der Waals surface area contributed by atoms with Gasteiger partial charge < -0.3 is 16.8 Å². The molecule has 0 aliphatic heterocycles. The van der Waals surface area contributed by atoms with E-state index in [2.05, 4.69) is 19.2 Å². The Labute approximate surface area is 100 Å². The second-order valence-corrected chi connectivity index (χ2v) is 5.62. The average molecular weight is 227 g/mol. The summed E-state index contributed by atoms with van der Waals surface area (Å²) in [7, 11) is 0. The molecule has 1 saturated carbocycles. The van der Waals surface area contributed by atoms with Gasteiger partial charge in [0.2, 0.25) is 0 Å². The fourth-order valence-corrected chi connectivity index (χ4v) is 3.01. The topological polar surface area (TPSA) is 64.1 Å². The quantitative estimate of drug-likeness (QED) is 0.605. The maximum atomic E-state index is 6.11. The molecule has 3 nitrogen and oxygen atoms in total. The van der Waals surface area contributed by atoms with Crippen LogP contribution >= 0.6 is 0 Å². The molecule has 0 saturated heterocycles. The molecule has 3 heteroatoms. The molecule has 1 rings (SSSR count). The van der Waals surface area contributed by atoms with Crippen LogP contribution in [-0.4, -0.2) is 18.8 Å². The van der Waals surface area contributed by atoms with E-state index in [-0.39, 0.29) is 12.2 Å². The second kappa shape index (κ2) is 6.58. The van der Waals surface area contributed by atoms with Crippen molar-refractivity contribution in [3.8, 4) is 0 Å². The van der Waals surface area contributed by atoms with Crippen molar-refractivity contribution in [1.29, 1.82) is 0 Å². The lowest BCUT2D eigenvalue weighted by Gasteiger charge is -2.32. The smallest absolute Gasteiger partial charge is 0.0517 e. The van der Waals surface area contributed by atoms with Crippen LogP contribution in [-0.2, 0) is 0 Å². The molecular weight excluding hydrogens is 198 g/mol. The molecule has 16 heavy (non-hydrogen) atoms. The van der Waals surface area contributed by atoms with Gasteiger partial charge in [0, 0.05) is 12.6 Å². The monoisotopic (exact) mass is 227 g/mol. The van der Waals surface area contributed by atoms with Gasteiger partial charge >= 0.3 is 0 Å². The van der Waals surface area contributed by atoms with Gasteiger partial charge in [-0.1, -0.05) is 32.6 Å². The van der Waals surface area contributed by atoms with Gasteiger partial charge in [0.05, 0.1) is 6.17 Å². The number of rotatable bonds is 6. The third-order valence-corrected chi connectivity index (χ3v) is 4.17. The largest absolute Gasteiger partial charge is 0.328 e. The first-order valence-corrected chi connectivity index (χ1v) is 6.77. The summed E-state index contributed by atoms with van der Waals surface area (Å²) < 4.78 is 0. The van der Waals surface area contributed by atoms with E-state index in [0.717, 1.165) is 12.5 Å². The minimum atomic E-state index is 0.0667. The van der Waals surface area contributed by atoms with Gasteiger partial charge in [-0.05, 0) is 31.6 Å². The molecule has 1 aliphatic carbocycles. The number of nitrogens with two attached hydrogens (primary N) is 2. The van der Waals surface area contributed by atoms with Gasteiger partial charge in [0.15, 0.2) is 0 Å². The Kier molecular flexibility index (Phi) is 5.73. The molecule has 0 amide bonds. The highest BCUT2D eigenvalue weighted by molar-refractivity contribution is 4.83. The van der Waals surface area contributed by atoms with Crippen LogP contribution in [0, 0.1) is 17.8 Å². The number of hydrogen-bond acceptors (Lipinski definition) is 3. The van der Waals surface area contributed by atoms with E-state index in [1.165, 1.54) is 25.7 Å². The van der Waals surface area contributed by atoms with E-state index in [4.69, 9.17) is 11.5 Å². The lowest BCUT2D eigenvalue weighted by Crippen LogP contribution is -2.45. The standard InChI is InChI=1S/C13H29N3/c1-9(12-6-4-5-7-12)13(10(2)14)8-16-11(3)15/h9-13,16H,4-8,14-15H2,1-3H3/t9?,10?,11-,13?/m1/s1. The Balaban J connectivity index is 2.47. The highest BCUT2D eigenvalue weighted by Crippen LogP contribution is 2.35. The number of hydrogen-bond donors (Lipinski definition) is 3. The van der Waals surface area contributed by atoms with Crippen LogP contribution in [0.1, 0.15) is 46.5 Å². The van der Waals surface area contributed by atoms with Crippen molar-refractivity contribution in [2.24, 2.45) is 29.2 Å². The van der Waals surface area contributed by atoms with Crippen LogP contribution in [0.15, 0.2) is 0 Å². The molecule has 3 unspecified atom stereocenters. The average Bonchev–Trinajstić information content (AvgIpc) is 2.69. The summed E-state index contributed by atoms with van der Waals surface area (Å²) in [4.78, 5) is 0. The molecule has 5 N–H and O–H groups in total. The zero-order chi connectivity index (χ0) is 12.1. The molecule has 96 valence electrons. The molecular formula is C13H29N3. The molecule has 0 bridgehead atoms. The van der Waals surface area contributed by atoms with Gasteiger partial charge in [-0.3, -0.25) is 0 Å². The van der Waals surface area contributed by atoms with Crippen LogP contribution in [0.3, 0.4) is 0 Å². The zero-order valence-corrected chi connectivity index (χ0v) is 11.1. The Morgan fingerprint density at radius 1 is 1.12 bits per heavy atom. The first-order chi connectivity index (χ1) is 7.52. The van der Waals surface area contributed by atoms with Gasteiger partial charge in [-0.2, -0.15) is 0 Å². The Hall–Kier alpha value is -0.120. The van der Waals surface area contributed by atoms with Crippen molar-refractivity contribution in [2.45, 2.75) is 58.7 Å². The summed E-state index contributed by atoms with van der Waals surface area (Å²) in [5.41, 5.74) is 11.9. The Morgan fingerprint density at radius 2 is 1.69 bits per heavy atom. The van der Waals surface area contributed by atoms with E-state index >= 15 is 0 Å². The van der Waals surface area contributed by atoms with Crippen LogP contribution in [0.4, 0.5) is 0 Å². The van der Waals surface area contributed by atoms with Crippen molar-refractivity contribution in [3.05, 3.63) is 0 Å². The summed E-state index contributed by atoms with van der Waals surface area (Å²) in [6.45, 7) is 7.43. The summed E-state index contributed by atoms with van der Waals surface area (Å²) in [5.74, 6) is 2.15. The molecule has 1 aliphatic rings. The number of nitrogens with one attached hydrogen (secondary N) is 1. The molecule has 4 atom stereocenters. The van der Waals surface area contributed by atoms with E-state index in [9.17, 15) is 0 Å². The van der Waals surface area contributed by atoms with Gasteiger partial charge in [-0.15, -0.1) is 0 Å². The van der Waals surface area contributed by atoms with Gasteiger partial charge in [0.25, 0.3) is 0 Å². The predicted octanol–water partition coefficient (Wildman–Crippen LogP) is 1.67. The zero-order valence-electron chi connectivity index (χ0n) is 11.1. The summed E-state index contributed by atoms with van der Waals surface area (Å²) in [6.07, 6.45) is 5.66. The third kappa shape index (κ3) is 4.04. The van der Waals surface area contributed by atoms with Gasteiger partial charge in [-0.25, -0.2) is 0 Å². The lowest BCUT2D eigenvalue weighted by atomic mass is 9.78. The van der Waals surface area contributed by atoms with Crippen LogP contribution in [0.5, 0.6) is 0 Å². The van der Waals surface area contributed by atoms with Crippen molar-refractivity contribution in [2.75, 3.05) is 6.54 Å². The summed E-state index contributed by atoms with van der Waals surface area (Å²) >= 11 is 0. The SMILES string of the molecule is CC(N)C(CN[C@H](C)N)C(C)C1CCCC1. The lowest BCUT2D eigenvalue weighted by molar-refractivity contribution is 0.212. The highest BCUT2D eigenvalue weighted by atomic mass is 15.0. The van der Waals surface area contributed by atoms with E-state index in [0.29, 0.717) is 11.8 Å². The molecule has 0 heterocycles. The minimum Gasteiger partial charge on any atom is -0.328 e. The first-order valence-electron chi connectivity index (χ1n) is 6.77. The maximum Gasteiger partial charge on any atom is 0.0517 e. The normalized spacial score (nSPS) is 25.3. The van der Waals surface area contributed by atoms with Crippen molar-refractivity contribution >= 4 is 0 Å². The van der Waals surface area contributed by atoms with Crippen molar-refractivity contribution < 1.29 is 0 Å². The van der Waals surface area contributed by atoms with E-state index in [1.807, 2.05) is 6.92 Å². The van der Waals surface area contributed by atoms with Crippen LogP contribution in [0.25, 0.3) is 0 Å². The second-order valence-electron chi connectivity index (χ2n) is 5.62. The Bertz CT molecular complexity index is 186.